The summed E-state index contributed by atoms with van der Waals surface area (Å²) in [5.74, 6) is 0. The lowest BCUT2D eigenvalue weighted by molar-refractivity contribution is 0.127. The highest BCUT2D eigenvalue weighted by molar-refractivity contribution is 8.00. The molecule has 4 heteroatoms. The van der Waals surface area contributed by atoms with Gasteiger partial charge in [-0.1, -0.05) is 6.92 Å². The van der Waals surface area contributed by atoms with Crippen molar-refractivity contribution in [2.75, 3.05) is 13.7 Å². The third-order valence-electron chi connectivity index (χ3n) is 3.21. The molecule has 0 saturated carbocycles. The number of thioether (sulfide) groups is 1. The lowest BCUT2D eigenvalue weighted by Gasteiger charge is -2.26. The van der Waals surface area contributed by atoms with Gasteiger partial charge in [0.2, 0.25) is 0 Å². The van der Waals surface area contributed by atoms with Gasteiger partial charge in [0.05, 0.1) is 12.2 Å². The van der Waals surface area contributed by atoms with Crippen LogP contribution in [-0.2, 0) is 4.74 Å². The molecule has 1 aliphatic rings. The molecule has 4 atom stereocenters. The van der Waals surface area contributed by atoms with Crippen LogP contribution in [0.25, 0.3) is 0 Å². The van der Waals surface area contributed by atoms with Crippen molar-refractivity contribution in [1.29, 1.82) is 5.26 Å². The topological polar surface area (TPSA) is 45.0 Å². The quantitative estimate of drug-likeness (QED) is 0.802. The number of rotatable bonds is 5. The molecular weight excluding hydrogens is 220 g/mol. The van der Waals surface area contributed by atoms with Crippen LogP contribution < -0.4 is 5.32 Å². The SMILES string of the molecule is CNC(C)(C#N)CC(C)SC1CCOC1C. The molecule has 1 aliphatic heterocycles. The molecule has 0 amide bonds. The van der Waals surface area contributed by atoms with Crippen LogP contribution in [0.4, 0.5) is 0 Å². The second kappa shape index (κ2) is 5.90. The van der Waals surface area contributed by atoms with Crippen LogP contribution in [0.3, 0.4) is 0 Å². The van der Waals surface area contributed by atoms with E-state index in [0.717, 1.165) is 19.4 Å². The monoisotopic (exact) mass is 242 g/mol. The van der Waals surface area contributed by atoms with Crippen LogP contribution in [0.15, 0.2) is 0 Å². The summed E-state index contributed by atoms with van der Waals surface area (Å²) in [7, 11) is 1.85. The minimum atomic E-state index is -0.408. The first-order chi connectivity index (χ1) is 7.50. The van der Waals surface area contributed by atoms with Crippen molar-refractivity contribution < 1.29 is 4.74 Å². The number of ether oxygens (including phenoxy) is 1. The number of nitrogens with zero attached hydrogens (tertiary/aromatic N) is 1. The molecule has 0 spiro atoms. The summed E-state index contributed by atoms with van der Waals surface area (Å²) in [6.45, 7) is 7.17. The molecule has 1 rings (SSSR count). The lowest BCUT2D eigenvalue weighted by atomic mass is 9.98. The van der Waals surface area contributed by atoms with E-state index in [1.807, 2.05) is 25.7 Å². The van der Waals surface area contributed by atoms with Gasteiger partial charge in [0.25, 0.3) is 0 Å². The molecular formula is C12H22N2OS. The van der Waals surface area contributed by atoms with E-state index in [-0.39, 0.29) is 0 Å². The Kier molecular flexibility index (Phi) is 5.10. The molecule has 0 aromatic carbocycles. The third-order valence-corrected chi connectivity index (χ3v) is 4.81. The summed E-state index contributed by atoms with van der Waals surface area (Å²) in [5, 5.41) is 13.3. The summed E-state index contributed by atoms with van der Waals surface area (Å²) in [4.78, 5) is 0. The van der Waals surface area contributed by atoms with Crippen LogP contribution >= 0.6 is 11.8 Å². The molecule has 16 heavy (non-hydrogen) atoms. The van der Waals surface area contributed by atoms with Gasteiger partial charge in [0.15, 0.2) is 0 Å². The highest BCUT2D eigenvalue weighted by atomic mass is 32.2. The van der Waals surface area contributed by atoms with Crippen molar-refractivity contribution in [1.82, 2.24) is 5.32 Å². The van der Waals surface area contributed by atoms with Crippen molar-refractivity contribution >= 4 is 11.8 Å². The molecule has 1 saturated heterocycles. The highest BCUT2D eigenvalue weighted by Gasteiger charge is 2.30. The molecule has 0 aromatic rings. The molecule has 92 valence electrons. The summed E-state index contributed by atoms with van der Waals surface area (Å²) in [6, 6.07) is 2.34. The van der Waals surface area contributed by atoms with Gasteiger partial charge in [-0.25, -0.2) is 0 Å². The Morgan fingerprint density at radius 1 is 1.69 bits per heavy atom. The van der Waals surface area contributed by atoms with Crippen molar-refractivity contribution in [3.05, 3.63) is 0 Å². The lowest BCUT2D eigenvalue weighted by Crippen LogP contribution is -2.40. The van der Waals surface area contributed by atoms with Gasteiger partial charge >= 0.3 is 0 Å². The summed E-state index contributed by atoms with van der Waals surface area (Å²) >= 11 is 1.96. The van der Waals surface area contributed by atoms with E-state index in [1.165, 1.54) is 0 Å². The van der Waals surface area contributed by atoms with Gasteiger partial charge in [-0.05, 0) is 33.7 Å². The predicted molar refractivity (Wildman–Crippen MR) is 68.6 cm³/mol. The van der Waals surface area contributed by atoms with Crippen LogP contribution in [0.5, 0.6) is 0 Å². The standard InChI is InChI=1S/C12H22N2OS/c1-9(7-12(3,8-13)14-4)16-11-5-6-15-10(11)2/h9-11,14H,5-7H2,1-4H3. The highest BCUT2D eigenvalue weighted by Crippen LogP contribution is 2.32. The van der Waals surface area contributed by atoms with Gasteiger partial charge in [0, 0.05) is 17.1 Å². The second-order valence-corrected chi connectivity index (χ2v) is 6.43. The Hall–Kier alpha value is -0.240. The van der Waals surface area contributed by atoms with Crippen LogP contribution in [0.2, 0.25) is 0 Å². The molecule has 1 N–H and O–H groups in total. The van der Waals surface area contributed by atoms with Crippen molar-refractivity contribution in [2.24, 2.45) is 0 Å². The van der Waals surface area contributed by atoms with E-state index in [4.69, 9.17) is 10.00 Å². The zero-order chi connectivity index (χ0) is 12.2. The minimum absolute atomic E-state index is 0.357. The summed E-state index contributed by atoms with van der Waals surface area (Å²) in [5.41, 5.74) is -0.408. The van der Waals surface area contributed by atoms with E-state index >= 15 is 0 Å². The van der Waals surface area contributed by atoms with E-state index in [1.54, 1.807) is 0 Å². The average Bonchev–Trinajstić information content (AvgIpc) is 2.64. The molecule has 0 bridgehead atoms. The molecule has 1 heterocycles. The van der Waals surface area contributed by atoms with Gasteiger partial charge in [-0.2, -0.15) is 17.0 Å². The fourth-order valence-electron chi connectivity index (χ4n) is 2.02. The maximum absolute atomic E-state index is 9.10. The van der Waals surface area contributed by atoms with Gasteiger partial charge in [-0.15, -0.1) is 0 Å². The van der Waals surface area contributed by atoms with Crippen LogP contribution in [0.1, 0.15) is 33.6 Å². The molecule has 0 aliphatic carbocycles. The molecule has 0 aromatic heterocycles. The average molecular weight is 242 g/mol. The largest absolute Gasteiger partial charge is 0.377 e. The van der Waals surface area contributed by atoms with Crippen LogP contribution in [0, 0.1) is 11.3 Å². The number of nitriles is 1. The first-order valence-electron chi connectivity index (χ1n) is 5.88. The predicted octanol–water partition coefficient (Wildman–Crippen LogP) is 2.18. The van der Waals surface area contributed by atoms with Crippen molar-refractivity contribution in [3.63, 3.8) is 0 Å². The van der Waals surface area contributed by atoms with E-state index in [2.05, 4.69) is 25.2 Å². The van der Waals surface area contributed by atoms with E-state index in [9.17, 15) is 0 Å². The zero-order valence-corrected chi connectivity index (χ0v) is 11.4. The maximum Gasteiger partial charge on any atom is 0.104 e. The number of hydrogen-bond donors (Lipinski definition) is 1. The first kappa shape index (κ1) is 13.8. The normalized spacial score (nSPS) is 30.7. The Morgan fingerprint density at radius 3 is 2.81 bits per heavy atom. The van der Waals surface area contributed by atoms with Gasteiger partial charge in [-0.3, -0.25) is 0 Å². The molecule has 1 fully saturated rings. The molecule has 0 radical (unpaired) electrons. The fourth-order valence-corrected chi connectivity index (χ4v) is 3.57. The van der Waals surface area contributed by atoms with E-state index in [0.29, 0.717) is 16.6 Å². The van der Waals surface area contributed by atoms with Crippen molar-refractivity contribution in [2.45, 2.75) is 55.8 Å². The number of nitrogens with one attached hydrogen (secondary N) is 1. The van der Waals surface area contributed by atoms with Crippen molar-refractivity contribution in [3.8, 4) is 6.07 Å². The smallest absolute Gasteiger partial charge is 0.104 e. The Labute approximate surface area is 103 Å². The first-order valence-corrected chi connectivity index (χ1v) is 6.82. The third kappa shape index (κ3) is 3.65. The molecule has 4 unspecified atom stereocenters. The number of hydrogen-bond acceptors (Lipinski definition) is 4. The summed E-state index contributed by atoms with van der Waals surface area (Å²) < 4.78 is 5.55. The Balaban J connectivity index is 2.41. The maximum atomic E-state index is 9.10. The Morgan fingerprint density at radius 2 is 2.38 bits per heavy atom. The van der Waals surface area contributed by atoms with Gasteiger partial charge in [0.1, 0.15) is 5.54 Å². The Bertz CT molecular complexity index is 266. The zero-order valence-electron chi connectivity index (χ0n) is 10.6. The fraction of sp³-hybridized carbons (Fsp3) is 0.917. The minimum Gasteiger partial charge on any atom is -0.377 e. The summed E-state index contributed by atoms with van der Waals surface area (Å²) in [6.07, 6.45) is 2.36. The second-order valence-electron chi connectivity index (χ2n) is 4.75. The van der Waals surface area contributed by atoms with E-state index < -0.39 is 5.54 Å². The molecule has 3 nitrogen and oxygen atoms in total. The van der Waals surface area contributed by atoms with Crippen LogP contribution in [-0.4, -0.2) is 35.8 Å². The van der Waals surface area contributed by atoms with Gasteiger partial charge < -0.3 is 10.1 Å².